The van der Waals surface area contributed by atoms with Crippen molar-refractivity contribution in [3.63, 3.8) is 0 Å². The molecule has 5 aromatic rings. The molecular formula is C45H42. The summed E-state index contributed by atoms with van der Waals surface area (Å²) in [6, 6.07) is 42.2. The van der Waals surface area contributed by atoms with Gasteiger partial charge in [-0.15, -0.1) is 0 Å². The van der Waals surface area contributed by atoms with Gasteiger partial charge in [0.1, 0.15) is 0 Å². The van der Waals surface area contributed by atoms with Crippen LogP contribution in [0.1, 0.15) is 92.5 Å². The van der Waals surface area contributed by atoms with E-state index >= 15 is 0 Å². The third-order valence-electron chi connectivity index (χ3n) is 10.8. The summed E-state index contributed by atoms with van der Waals surface area (Å²) < 4.78 is 0. The van der Waals surface area contributed by atoms with Crippen molar-refractivity contribution in [3.8, 4) is 22.3 Å². The fraction of sp³-hybridized carbons (Fsp3) is 0.244. The van der Waals surface area contributed by atoms with Gasteiger partial charge in [0.15, 0.2) is 0 Å². The van der Waals surface area contributed by atoms with Crippen molar-refractivity contribution in [2.24, 2.45) is 0 Å². The summed E-state index contributed by atoms with van der Waals surface area (Å²) in [6.07, 6.45) is 10.2. The van der Waals surface area contributed by atoms with Crippen molar-refractivity contribution in [3.05, 3.63) is 178 Å². The van der Waals surface area contributed by atoms with Crippen LogP contribution in [0.15, 0.2) is 133 Å². The fourth-order valence-electron chi connectivity index (χ4n) is 8.46. The van der Waals surface area contributed by atoms with Crippen LogP contribution in [0.3, 0.4) is 0 Å². The van der Waals surface area contributed by atoms with Crippen molar-refractivity contribution >= 4 is 0 Å². The van der Waals surface area contributed by atoms with Gasteiger partial charge in [0.2, 0.25) is 0 Å². The molecule has 0 aromatic heterocycles. The van der Waals surface area contributed by atoms with Gasteiger partial charge >= 0.3 is 0 Å². The summed E-state index contributed by atoms with van der Waals surface area (Å²) in [6.45, 7) is 14.0. The topological polar surface area (TPSA) is 0 Å². The molecule has 0 heteroatoms. The molecule has 0 nitrogen and oxygen atoms in total. The second-order valence-corrected chi connectivity index (χ2v) is 15.4. The van der Waals surface area contributed by atoms with E-state index in [-0.39, 0.29) is 21.7 Å². The zero-order valence-corrected chi connectivity index (χ0v) is 27.4. The number of benzene rings is 5. The average Bonchev–Trinajstić information content (AvgIpc) is 3.51. The Morgan fingerprint density at radius 3 is 1.67 bits per heavy atom. The third-order valence-corrected chi connectivity index (χ3v) is 10.8. The molecule has 0 heterocycles. The maximum absolute atomic E-state index is 2.54. The summed E-state index contributed by atoms with van der Waals surface area (Å²) in [5.74, 6) is 0. The lowest BCUT2D eigenvalue weighted by Gasteiger charge is -2.36. The molecule has 0 bridgehead atoms. The van der Waals surface area contributed by atoms with Crippen LogP contribution in [0.25, 0.3) is 22.3 Å². The fourth-order valence-corrected chi connectivity index (χ4v) is 8.46. The number of hydrogen-bond acceptors (Lipinski definition) is 0. The minimum absolute atomic E-state index is 0.0426. The SMILES string of the molecule is CC(C)(C)c1ccc2c(c1)C1(c3cc(C(C)(C)C)ccc3-2)c2ccccc2-c2c(C3(c4ccccc4)C=CC=CC3)cccc21. The van der Waals surface area contributed by atoms with Gasteiger partial charge in [0, 0.05) is 5.41 Å². The van der Waals surface area contributed by atoms with Gasteiger partial charge in [-0.3, -0.25) is 0 Å². The van der Waals surface area contributed by atoms with E-state index in [0.717, 1.165) is 6.42 Å². The molecule has 3 aliphatic carbocycles. The second-order valence-electron chi connectivity index (χ2n) is 15.4. The van der Waals surface area contributed by atoms with Crippen LogP contribution in [0.4, 0.5) is 0 Å². The lowest BCUT2D eigenvalue weighted by atomic mass is 9.66. The van der Waals surface area contributed by atoms with Crippen molar-refractivity contribution in [2.75, 3.05) is 0 Å². The van der Waals surface area contributed by atoms with Crippen molar-refractivity contribution < 1.29 is 0 Å². The molecule has 0 fully saturated rings. The van der Waals surface area contributed by atoms with Crippen LogP contribution in [0.5, 0.6) is 0 Å². The Morgan fingerprint density at radius 1 is 0.489 bits per heavy atom. The Hall–Kier alpha value is -4.42. The van der Waals surface area contributed by atoms with Crippen LogP contribution < -0.4 is 0 Å². The highest BCUT2D eigenvalue weighted by Gasteiger charge is 2.53. The third kappa shape index (κ3) is 3.84. The first-order valence-corrected chi connectivity index (χ1v) is 16.5. The van der Waals surface area contributed by atoms with Gasteiger partial charge < -0.3 is 0 Å². The highest BCUT2D eigenvalue weighted by Crippen LogP contribution is 2.65. The maximum Gasteiger partial charge on any atom is 0.0725 e. The van der Waals surface area contributed by atoms with E-state index in [1.807, 2.05) is 0 Å². The Labute approximate surface area is 269 Å². The summed E-state index contributed by atoms with van der Waals surface area (Å²) in [7, 11) is 0. The van der Waals surface area contributed by atoms with E-state index in [0.29, 0.717) is 0 Å². The molecule has 1 unspecified atom stereocenters. The average molecular weight is 583 g/mol. The van der Waals surface area contributed by atoms with Gasteiger partial charge in [-0.2, -0.15) is 0 Å². The first-order valence-electron chi connectivity index (χ1n) is 16.5. The van der Waals surface area contributed by atoms with E-state index in [1.54, 1.807) is 0 Å². The minimum atomic E-state index is -0.388. The lowest BCUT2D eigenvalue weighted by molar-refractivity contribution is 0.586. The molecule has 1 atom stereocenters. The number of fused-ring (bicyclic) bond motifs is 10. The minimum Gasteiger partial charge on any atom is -0.0830 e. The number of rotatable bonds is 2. The highest BCUT2D eigenvalue weighted by atomic mass is 14.5. The van der Waals surface area contributed by atoms with Crippen molar-refractivity contribution in [2.45, 2.75) is 69.6 Å². The maximum atomic E-state index is 2.54. The molecule has 0 saturated carbocycles. The van der Waals surface area contributed by atoms with Crippen LogP contribution in [-0.4, -0.2) is 0 Å². The standard InChI is InChI=1S/C45H42/c1-42(2,3)31-22-24-33-34-25-23-32(43(4,5)6)29-40(34)45(39(33)28-31)36-19-12-11-18-35(36)41-37(20-15-21-38(41)45)44(26-13-8-14-27-44)30-16-9-7-10-17-30/h7-26,28-29H,27H2,1-6H3. The van der Waals surface area contributed by atoms with Crippen molar-refractivity contribution in [1.82, 2.24) is 0 Å². The normalized spacial score (nSPS) is 18.9. The molecule has 5 aromatic carbocycles. The number of hydrogen-bond donors (Lipinski definition) is 0. The molecule has 222 valence electrons. The Bertz CT molecular complexity index is 1970. The molecule has 3 aliphatic rings. The Morgan fingerprint density at radius 2 is 1.07 bits per heavy atom. The quantitative estimate of drug-likeness (QED) is 0.190. The van der Waals surface area contributed by atoms with Crippen LogP contribution in [0.2, 0.25) is 0 Å². The van der Waals surface area contributed by atoms with E-state index in [1.165, 1.54) is 66.8 Å². The molecule has 45 heavy (non-hydrogen) atoms. The van der Waals surface area contributed by atoms with E-state index in [9.17, 15) is 0 Å². The first-order chi connectivity index (χ1) is 21.6. The Balaban J connectivity index is 1.53. The van der Waals surface area contributed by atoms with Gasteiger partial charge in [-0.25, -0.2) is 0 Å². The van der Waals surface area contributed by atoms with E-state index in [4.69, 9.17) is 0 Å². The molecule has 0 aliphatic heterocycles. The summed E-state index contributed by atoms with van der Waals surface area (Å²) in [4.78, 5) is 0. The second kappa shape index (κ2) is 9.54. The lowest BCUT2D eigenvalue weighted by Crippen LogP contribution is -2.29. The number of allylic oxidation sites excluding steroid dienone is 4. The largest absolute Gasteiger partial charge is 0.0830 e. The molecular weight excluding hydrogens is 540 g/mol. The summed E-state index contributed by atoms with van der Waals surface area (Å²) >= 11 is 0. The monoisotopic (exact) mass is 582 g/mol. The van der Waals surface area contributed by atoms with E-state index < -0.39 is 0 Å². The van der Waals surface area contributed by atoms with Crippen molar-refractivity contribution in [1.29, 1.82) is 0 Å². The van der Waals surface area contributed by atoms with Crippen LogP contribution in [0, 0.1) is 0 Å². The molecule has 0 radical (unpaired) electrons. The smallest absolute Gasteiger partial charge is 0.0725 e. The van der Waals surface area contributed by atoms with E-state index in [2.05, 4.69) is 175 Å². The zero-order valence-electron chi connectivity index (χ0n) is 27.4. The zero-order chi connectivity index (χ0) is 31.2. The predicted molar refractivity (Wildman–Crippen MR) is 190 cm³/mol. The van der Waals surface area contributed by atoms with Gasteiger partial charge in [0.25, 0.3) is 0 Å². The van der Waals surface area contributed by atoms with Crippen LogP contribution in [-0.2, 0) is 21.7 Å². The predicted octanol–water partition coefficient (Wildman–Crippen LogP) is 11.4. The highest BCUT2D eigenvalue weighted by molar-refractivity contribution is 5.96. The molecule has 0 saturated heterocycles. The first kappa shape index (κ1) is 28.1. The molecule has 0 N–H and O–H groups in total. The Kier molecular flexibility index (Phi) is 5.95. The van der Waals surface area contributed by atoms with Gasteiger partial charge in [-0.1, -0.05) is 175 Å². The van der Waals surface area contributed by atoms with Gasteiger partial charge in [-0.05, 0) is 84.0 Å². The molecule has 8 rings (SSSR count). The van der Waals surface area contributed by atoms with Gasteiger partial charge in [0.05, 0.1) is 5.41 Å². The summed E-state index contributed by atoms with van der Waals surface area (Å²) in [5, 5.41) is 0. The van der Waals surface area contributed by atoms with Crippen LogP contribution >= 0.6 is 0 Å². The molecule has 1 spiro atoms. The molecule has 0 amide bonds. The summed E-state index contributed by atoms with van der Waals surface area (Å²) in [5.41, 5.74) is 16.1.